The maximum atomic E-state index is 10.7. The predicted octanol–water partition coefficient (Wildman–Crippen LogP) is 2.78. The summed E-state index contributed by atoms with van der Waals surface area (Å²) in [5, 5.41) is 8.78. The van der Waals surface area contributed by atoms with Gasteiger partial charge in [-0.15, -0.1) is 0 Å². The Bertz CT molecular complexity index is 403. The molecular formula is C14H19NO2. The van der Waals surface area contributed by atoms with Gasteiger partial charge in [-0.3, -0.25) is 4.90 Å². The molecule has 0 atom stereocenters. The molecule has 1 aromatic rings. The third-order valence-electron chi connectivity index (χ3n) is 2.46. The molecule has 0 aliphatic heterocycles. The topological polar surface area (TPSA) is 40.5 Å². The van der Waals surface area contributed by atoms with Crippen molar-refractivity contribution >= 4 is 5.97 Å². The van der Waals surface area contributed by atoms with Crippen LogP contribution < -0.4 is 0 Å². The number of rotatable bonds is 5. The van der Waals surface area contributed by atoms with Crippen LogP contribution in [0.2, 0.25) is 0 Å². The van der Waals surface area contributed by atoms with E-state index in [-0.39, 0.29) is 0 Å². The maximum Gasteiger partial charge on any atom is 0.335 e. The highest BCUT2D eigenvalue weighted by Crippen LogP contribution is 2.07. The van der Waals surface area contributed by atoms with Crippen molar-refractivity contribution < 1.29 is 9.90 Å². The van der Waals surface area contributed by atoms with Gasteiger partial charge in [-0.25, -0.2) is 4.79 Å². The normalized spacial score (nSPS) is 10.4. The van der Waals surface area contributed by atoms with Gasteiger partial charge >= 0.3 is 5.97 Å². The Hall–Kier alpha value is -1.61. The van der Waals surface area contributed by atoms with Crippen LogP contribution in [0.15, 0.2) is 35.9 Å². The number of likely N-dealkylation sites (N-methyl/N-ethyl adjacent to an activating group) is 1. The molecular weight excluding hydrogens is 214 g/mol. The molecule has 1 aromatic carbocycles. The summed E-state index contributed by atoms with van der Waals surface area (Å²) in [5.74, 6) is -0.880. The minimum atomic E-state index is -0.880. The standard InChI is InChI=1S/C14H19NO2/c1-11(2)8-9-15(3)10-12-4-6-13(7-5-12)14(16)17/h4-8H,9-10H2,1-3H3,(H,16,17). The monoisotopic (exact) mass is 233 g/mol. The van der Waals surface area contributed by atoms with Crippen molar-refractivity contribution in [2.24, 2.45) is 0 Å². The molecule has 0 aromatic heterocycles. The molecule has 0 bridgehead atoms. The van der Waals surface area contributed by atoms with Gasteiger partial charge in [0.1, 0.15) is 0 Å². The van der Waals surface area contributed by atoms with E-state index in [0.717, 1.165) is 18.7 Å². The Morgan fingerprint density at radius 1 is 1.29 bits per heavy atom. The lowest BCUT2D eigenvalue weighted by Crippen LogP contribution is -2.17. The van der Waals surface area contributed by atoms with Crippen LogP contribution in [-0.2, 0) is 6.54 Å². The van der Waals surface area contributed by atoms with Crippen molar-refractivity contribution in [1.29, 1.82) is 0 Å². The van der Waals surface area contributed by atoms with Gasteiger partial charge in [-0.2, -0.15) is 0 Å². The van der Waals surface area contributed by atoms with Gasteiger partial charge < -0.3 is 5.11 Å². The van der Waals surface area contributed by atoms with Gasteiger partial charge in [0.2, 0.25) is 0 Å². The van der Waals surface area contributed by atoms with Crippen LogP contribution in [0.25, 0.3) is 0 Å². The minimum Gasteiger partial charge on any atom is -0.478 e. The van der Waals surface area contributed by atoms with Crippen molar-refractivity contribution in [3.05, 3.63) is 47.0 Å². The third-order valence-corrected chi connectivity index (χ3v) is 2.46. The summed E-state index contributed by atoms with van der Waals surface area (Å²) in [6, 6.07) is 7.02. The van der Waals surface area contributed by atoms with Gasteiger partial charge in [0, 0.05) is 13.1 Å². The summed E-state index contributed by atoms with van der Waals surface area (Å²) < 4.78 is 0. The molecule has 0 radical (unpaired) electrons. The Labute approximate surface area is 102 Å². The third kappa shape index (κ3) is 4.83. The fourth-order valence-corrected chi connectivity index (χ4v) is 1.47. The number of allylic oxidation sites excluding steroid dienone is 1. The molecule has 0 saturated carbocycles. The molecule has 0 amide bonds. The fraction of sp³-hybridized carbons (Fsp3) is 0.357. The zero-order chi connectivity index (χ0) is 12.8. The van der Waals surface area contributed by atoms with E-state index in [4.69, 9.17) is 5.11 Å². The quantitative estimate of drug-likeness (QED) is 0.795. The summed E-state index contributed by atoms with van der Waals surface area (Å²) in [4.78, 5) is 12.9. The van der Waals surface area contributed by atoms with Gasteiger partial charge in [0.25, 0.3) is 0 Å². The van der Waals surface area contributed by atoms with E-state index >= 15 is 0 Å². The number of nitrogens with zero attached hydrogens (tertiary/aromatic N) is 1. The number of aromatic carboxylic acids is 1. The van der Waals surface area contributed by atoms with Crippen molar-refractivity contribution in [3.63, 3.8) is 0 Å². The molecule has 0 aliphatic carbocycles. The van der Waals surface area contributed by atoms with Crippen molar-refractivity contribution in [1.82, 2.24) is 4.90 Å². The number of carbonyl (C=O) groups is 1. The zero-order valence-electron chi connectivity index (χ0n) is 10.6. The van der Waals surface area contributed by atoms with Gasteiger partial charge in [-0.1, -0.05) is 23.8 Å². The van der Waals surface area contributed by atoms with E-state index in [0.29, 0.717) is 5.56 Å². The van der Waals surface area contributed by atoms with E-state index in [2.05, 4.69) is 24.8 Å². The molecule has 1 rings (SSSR count). The van der Waals surface area contributed by atoms with E-state index in [1.807, 2.05) is 19.2 Å². The summed E-state index contributed by atoms with van der Waals surface area (Å²) in [6.07, 6.45) is 2.17. The smallest absolute Gasteiger partial charge is 0.335 e. The Balaban J connectivity index is 2.57. The number of hydrogen-bond donors (Lipinski definition) is 1. The van der Waals surface area contributed by atoms with Crippen LogP contribution in [0.5, 0.6) is 0 Å². The largest absolute Gasteiger partial charge is 0.478 e. The summed E-state index contributed by atoms with van der Waals surface area (Å²) in [6.45, 7) is 5.89. The molecule has 0 fully saturated rings. The van der Waals surface area contributed by atoms with Gasteiger partial charge in [-0.05, 0) is 38.6 Å². The second-order valence-corrected chi connectivity index (χ2v) is 4.48. The molecule has 0 heterocycles. The lowest BCUT2D eigenvalue weighted by atomic mass is 10.1. The average Bonchev–Trinajstić information content (AvgIpc) is 2.27. The van der Waals surface area contributed by atoms with Crippen molar-refractivity contribution in [2.45, 2.75) is 20.4 Å². The first-order valence-corrected chi connectivity index (χ1v) is 5.63. The molecule has 3 nitrogen and oxygen atoms in total. The van der Waals surface area contributed by atoms with Gasteiger partial charge in [0.05, 0.1) is 5.56 Å². The molecule has 3 heteroatoms. The number of hydrogen-bond acceptors (Lipinski definition) is 2. The van der Waals surface area contributed by atoms with E-state index in [1.165, 1.54) is 5.57 Å². The van der Waals surface area contributed by atoms with Crippen molar-refractivity contribution in [2.75, 3.05) is 13.6 Å². The molecule has 17 heavy (non-hydrogen) atoms. The van der Waals surface area contributed by atoms with Crippen LogP contribution in [0.1, 0.15) is 29.8 Å². The zero-order valence-corrected chi connectivity index (χ0v) is 10.6. The van der Waals surface area contributed by atoms with Crippen LogP contribution in [0.4, 0.5) is 0 Å². The highest BCUT2D eigenvalue weighted by Gasteiger charge is 2.03. The Morgan fingerprint density at radius 3 is 2.35 bits per heavy atom. The van der Waals surface area contributed by atoms with E-state index in [9.17, 15) is 4.79 Å². The Morgan fingerprint density at radius 2 is 1.88 bits per heavy atom. The molecule has 92 valence electrons. The fourth-order valence-electron chi connectivity index (χ4n) is 1.47. The lowest BCUT2D eigenvalue weighted by Gasteiger charge is -2.14. The maximum absolute atomic E-state index is 10.7. The van der Waals surface area contributed by atoms with E-state index < -0.39 is 5.97 Å². The average molecular weight is 233 g/mol. The second-order valence-electron chi connectivity index (χ2n) is 4.48. The van der Waals surface area contributed by atoms with Crippen LogP contribution >= 0.6 is 0 Å². The molecule has 0 unspecified atom stereocenters. The first-order chi connectivity index (χ1) is 7.99. The van der Waals surface area contributed by atoms with E-state index in [1.54, 1.807) is 12.1 Å². The van der Waals surface area contributed by atoms with Crippen LogP contribution in [-0.4, -0.2) is 29.6 Å². The Kier molecular flexibility index (Phi) is 4.91. The number of carboxylic acids is 1. The van der Waals surface area contributed by atoms with Crippen molar-refractivity contribution in [3.8, 4) is 0 Å². The lowest BCUT2D eigenvalue weighted by molar-refractivity contribution is 0.0697. The summed E-state index contributed by atoms with van der Waals surface area (Å²) in [7, 11) is 2.05. The molecule has 0 aliphatic rings. The number of carboxylic acid groups (broad SMARTS) is 1. The second kappa shape index (κ2) is 6.21. The molecule has 0 spiro atoms. The predicted molar refractivity (Wildman–Crippen MR) is 69.2 cm³/mol. The molecule has 0 saturated heterocycles. The highest BCUT2D eigenvalue weighted by molar-refractivity contribution is 5.87. The number of benzene rings is 1. The first-order valence-electron chi connectivity index (χ1n) is 5.63. The van der Waals surface area contributed by atoms with Crippen LogP contribution in [0, 0.1) is 0 Å². The minimum absolute atomic E-state index is 0.334. The summed E-state index contributed by atoms with van der Waals surface area (Å²) in [5.41, 5.74) is 2.76. The highest BCUT2D eigenvalue weighted by atomic mass is 16.4. The SMILES string of the molecule is CC(C)=CCN(C)Cc1ccc(C(=O)O)cc1. The first kappa shape index (κ1) is 13.5. The molecule has 1 N–H and O–H groups in total. The summed E-state index contributed by atoms with van der Waals surface area (Å²) >= 11 is 0. The van der Waals surface area contributed by atoms with Crippen LogP contribution in [0.3, 0.4) is 0 Å². The van der Waals surface area contributed by atoms with Gasteiger partial charge in [0.15, 0.2) is 0 Å².